The zero-order chi connectivity index (χ0) is 21.7. The van der Waals surface area contributed by atoms with Gasteiger partial charge in [0.05, 0.1) is 39.5 Å². The van der Waals surface area contributed by atoms with E-state index in [0.717, 1.165) is 0 Å². The number of halogens is 1. The molecule has 0 fully saturated rings. The number of esters is 1. The van der Waals surface area contributed by atoms with Crippen LogP contribution < -0.4 is 10.0 Å². The molecule has 2 N–H and O–H groups in total. The number of benzene rings is 3. The molecule has 0 atom stereocenters. The first-order chi connectivity index (χ1) is 14.3. The van der Waals surface area contributed by atoms with E-state index in [2.05, 4.69) is 14.8 Å². The average Bonchev–Trinajstić information content (AvgIpc) is 2.75. The van der Waals surface area contributed by atoms with Crippen molar-refractivity contribution in [2.45, 2.75) is 4.90 Å². The average molecular weight is 445 g/mol. The minimum Gasteiger partial charge on any atom is -0.465 e. The number of carbonyl (C=O) groups excluding carboxylic acids is 2. The molecule has 0 saturated heterocycles. The van der Waals surface area contributed by atoms with Gasteiger partial charge in [-0.05, 0) is 42.5 Å². The maximum absolute atomic E-state index is 12.8. The molecular weight excluding hydrogens is 428 g/mol. The second kappa shape index (κ2) is 8.98. The topological polar surface area (TPSA) is 102 Å². The summed E-state index contributed by atoms with van der Waals surface area (Å²) in [6, 6.07) is 18.2. The summed E-state index contributed by atoms with van der Waals surface area (Å²) in [4.78, 5) is 24.6. The van der Waals surface area contributed by atoms with Gasteiger partial charge in [-0.15, -0.1) is 0 Å². The Hall–Kier alpha value is -3.36. The van der Waals surface area contributed by atoms with Gasteiger partial charge in [0.25, 0.3) is 15.9 Å². The van der Waals surface area contributed by atoms with Crippen LogP contribution in [-0.2, 0) is 14.8 Å². The third kappa shape index (κ3) is 4.79. The zero-order valence-electron chi connectivity index (χ0n) is 15.8. The SMILES string of the molecule is COC(=O)c1ccc(Cl)c(NC(=O)c2ccccc2NS(=O)(=O)c2ccccc2)c1. The lowest BCUT2D eigenvalue weighted by Crippen LogP contribution is -2.19. The Labute approximate surface area is 178 Å². The Balaban J connectivity index is 1.89. The number of hydrogen-bond donors (Lipinski definition) is 2. The first-order valence-electron chi connectivity index (χ1n) is 8.68. The van der Waals surface area contributed by atoms with E-state index in [1.165, 1.54) is 49.6 Å². The van der Waals surface area contributed by atoms with Crippen molar-refractivity contribution >= 4 is 44.9 Å². The van der Waals surface area contributed by atoms with E-state index in [-0.39, 0.29) is 32.4 Å². The smallest absolute Gasteiger partial charge is 0.337 e. The second-order valence-electron chi connectivity index (χ2n) is 6.10. The molecule has 0 aliphatic rings. The van der Waals surface area contributed by atoms with Crippen molar-refractivity contribution in [3.05, 3.63) is 88.9 Å². The highest BCUT2D eigenvalue weighted by atomic mass is 35.5. The largest absolute Gasteiger partial charge is 0.465 e. The molecule has 0 aromatic heterocycles. The number of sulfonamides is 1. The van der Waals surface area contributed by atoms with Crippen molar-refractivity contribution in [2.75, 3.05) is 17.1 Å². The van der Waals surface area contributed by atoms with Crippen LogP contribution >= 0.6 is 11.6 Å². The van der Waals surface area contributed by atoms with E-state index < -0.39 is 21.9 Å². The van der Waals surface area contributed by atoms with E-state index in [4.69, 9.17) is 11.6 Å². The molecule has 3 aromatic carbocycles. The standard InChI is InChI=1S/C21H17ClN2O5S/c1-29-21(26)14-11-12-17(22)19(13-14)23-20(25)16-9-5-6-10-18(16)24-30(27,28)15-7-3-2-4-8-15/h2-13,24H,1H3,(H,23,25). The van der Waals surface area contributed by atoms with Gasteiger partial charge in [-0.1, -0.05) is 41.9 Å². The van der Waals surface area contributed by atoms with Gasteiger partial charge >= 0.3 is 5.97 Å². The summed E-state index contributed by atoms with van der Waals surface area (Å²) in [5.74, 6) is -1.19. The maximum Gasteiger partial charge on any atom is 0.337 e. The number of amides is 1. The highest BCUT2D eigenvalue weighted by molar-refractivity contribution is 7.92. The molecule has 0 aliphatic heterocycles. The molecule has 0 radical (unpaired) electrons. The molecule has 3 rings (SSSR count). The lowest BCUT2D eigenvalue weighted by Gasteiger charge is -2.14. The number of hydrogen-bond acceptors (Lipinski definition) is 5. The fourth-order valence-electron chi connectivity index (χ4n) is 2.63. The Bertz CT molecular complexity index is 1200. The van der Waals surface area contributed by atoms with Crippen molar-refractivity contribution < 1.29 is 22.7 Å². The molecular formula is C21H17ClN2O5S. The van der Waals surface area contributed by atoms with E-state index in [9.17, 15) is 18.0 Å². The molecule has 30 heavy (non-hydrogen) atoms. The van der Waals surface area contributed by atoms with Crippen LogP contribution in [0.2, 0.25) is 5.02 Å². The van der Waals surface area contributed by atoms with Gasteiger partial charge in [-0.3, -0.25) is 9.52 Å². The predicted octanol–water partition coefficient (Wildman–Crippen LogP) is 4.18. The van der Waals surface area contributed by atoms with E-state index in [1.807, 2.05) is 0 Å². The fraction of sp³-hybridized carbons (Fsp3) is 0.0476. The predicted molar refractivity (Wildman–Crippen MR) is 114 cm³/mol. The van der Waals surface area contributed by atoms with Gasteiger partial charge in [0.15, 0.2) is 0 Å². The number of rotatable bonds is 6. The number of anilines is 2. The summed E-state index contributed by atoms with van der Waals surface area (Å²) in [6.07, 6.45) is 0. The lowest BCUT2D eigenvalue weighted by molar-refractivity contribution is 0.0600. The number of ether oxygens (including phenoxy) is 1. The first kappa shape index (κ1) is 21.4. The highest BCUT2D eigenvalue weighted by Crippen LogP contribution is 2.26. The van der Waals surface area contributed by atoms with Crippen LogP contribution in [-0.4, -0.2) is 27.4 Å². The Morgan fingerprint density at radius 2 is 1.57 bits per heavy atom. The van der Waals surface area contributed by atoms with Crippen LogP contribution in [0.5, 0.6) is 0 Å². The summed E-state index contributed by atoms with van der Waals surface area (Å²) in [5, 5.41) is 2.81. The molecule has 0 bridgehead atoms. The van der Waals surface area contributed by atoms with Gasteiger partial charge in [-0.2, -0.15) is 0 Å². The Kier molecular flexibility index (Phi) is 6.39. The van der Waals surface area contributed by atoms with Gasteiger partial charge in [-0.25, -0.2) is 13.2 Å². The lowest BCUT2D eigenvalue weighted by atomic mass is 10.1. The first-order valence-corrected chi connectivity index (χ1v) is 10.5. The summed E-state index contributed by atoms with van der Waals surface area (Å²) < 4.78 is 32.3. The minimum atomic E-state index is -3.89. The van der Waals surface area contributed by atoms with Crippen LogP contribution in [0.3, 0.4) is 0 Å². The summed E-state index contributed by atoms with van der Waals surface area (Å²) >= 11 is 6.12. The van der Waals surface area contributed by atoms with Gasteiger partial charge < -0.3 is 10.1 Å². The number of para-hydroxylation sites is 1. The monoisotopic (exact) mass is 444 g/mol. The number of nitrogens with one attached hydrogen (secondary N) is 2. The summed E-state index contributed by atoms with van der Waals surface area (Å²) in [5.41, 5.74) is 0.566. The van der Waals surface area contributed by atoms with E-state index >= 15 is 0 Å². The molecule has 154 valence electrons. The van der Waals surface area contributed by atoms with E-state index in [0.29, 0.717) is 0 Å². The van der Waals surface area contributed by atoms with E-state index in [1.54, 1.807) is 30.3 Å². The zero-order valence-corrected chi connectivity index (χ0v) is 17.3. The number of carbonyl (C=O) groups is 2. The van der Waals surface area contributed by atoms with Crippen LogP contribution in [0, 0.1) is 0 Å². The summed E-state index contributed by atoms with van der Waals surface area (Å²) in [7, 11) is -2.65. The second-order valence-corrected chi connectivity index (χ2v) is 8.19. The van der Waals surface area contributed by atoms with Crippen LogP contribution in [0.4, 0.5) is 11.4 Å². The quantitative estimate of drug-likeness (QED) is 0.555. The highest BCUT2D eigenvalue weighted by Gasteiger charge is 2.19. The van der Waals surface area contributed by atoms with Crippen molar-refractivity contribution in [2.24, 2.45) is 0 Å². The van der Waals surface area contributed by atoms with Gasteiger partial charge in [0.1, 0.15) is 0 Å². The van der Waals surface area contributed by atoms with Crippen LogP contribution in [0.15, 0.2) is 77.7 Å². The molecule has 1 amide bonds. The van der Waals surface area contributed by atoms with Crippen molar-refractivity contribution in [1.82, 2.24) is 0 Å². The van der Waals surface area contributed by atoms with Crippen molar-refractivity contribution in [3.63, 3.8) is 0 Å². The fourth-order valence-corrected chi connectivity index (χ4v) is 3.89. The van der Waals surface area contributed by atoms with Crippen molar-refractivity contribution in [1.29, 1.82) is 0 Å². The minimum absolute atomic E-state index is 0.0639. The third-order valence-electron chi connectivity index (χ3n) is 4.11. The van der Waals surface area contributed by atoms with Gasteiger partial charge in [0, 0.05) is 0 Å². The van der Waals surface area contributed by atoms with Crippen molar-refractivity contribution in [3.8, 4) is 0 Å². The molecule has 0 aliphatic carbocycles. The molecule has 9 heteroatoms. The maximum atomic E-state index is 12.8. The molecule has 7 nitrogen and oxygen atoms in total. The normalized spacial score (nSPS) is 10.9. The molecule has 3 aromatic rings. The molecule has 0 saturated carbocycles. The van der Waals surface area contributed by atoms with Gasteiger partial charge in [0.2, 0.25) is 0 Å². The third-order valence-corrected chi connectivity index (χ3v) is 5.82. The Morgan fingerprint density at radius 3 is 2.27 bits per heavy atom. The Morgan fingerprint density at radius 1 is 0.900 bits per heavy atom. The van der Waals surface area contributed by atoms with Crippen LogP contribution in [0.1, 0.15) is 20.7 Å². The molecule has 0 spiro atoms. The molecule has 0 heterocycles. The summed E-state index contributed by atoms with van der Waals surface area (Å²) in [6.45, 7) is 0. The van der Waals surface area contributed by atoms with Crippen LogP contribution in [0.25, 0.3) is 0 Å². The number of methoxy groups -OCH3 is 1. The molecule has 0 unspecified atom stereocenters.